The summed E-state index contributed by atoms with van der Waals surface area (Å²) in [5.74, 6) is 0.0944. The molecule has 2 aromatic carbocycles. The molecule has 0 aromatic heterocycles. The van der Waals surface area contributed by atoms with Crippen LogP contribution in [0, 0.1) is 6.92 Å². The summed E-state index contributed by atoms with van der Waals surface area (Å²) in [5, 5.41) is 11.3. The number of hydrogen-bond acceptors (Lipinski definition) is 7. The number of ketones is 1. The molecule has 1 saturated heterocycles. The Morgan fingerprint density at radius 2 is 1.79 bits per heavy atom. The average molecular weight is 469 g/mol. The molecular formula is C26H32N2O6. The number of ether oxygens (including phenoxy) is 3. The molecule has 8 nitrogen and oxygen atoms in total. The predicted octanol–water partition coefficient (Wildman–Crippen LogP) is 3.39. The quantitative estimate of drug-likeness (QED) is 0.343. The maximum atomic E-state index is 13.2. The Morgan fingerprint density at radius 1 is 1.06 bits per heavy atom. The molecule has 1 atom stereocenters. The highest BCUT2D eigenvalue weighted by atomic mass is 16.5. The Labute approximate surface area is 200 Å². The molecule has 0 radical (unpaired) electrons. The minimum absolute atomic E-state index is 0.0447. The number of aryl methyl sites for hydroxylation is 1. The fraction of sp³-hybridized carbons (Fsp3) is 0.385. The largest absolute Gasteiger partial charge is 0.507 e. The number of benzene rings is 2. The van der Waals surface area contributed by atoms with Crippen LogP contribution in [0.25, 0.3) is 5.76 Å². The molecule has 1 heterocycles. The summed E-state index contributed by atoms with van der Waals surface area (Å²) >= 11 is 0. The average Bonchev–Trinajstić information content (AvgIpc) is 3.07. The molecule has 0 bridgehead atoms. The van der Waals surface area contributed by atoms with Crippen molar-refractivity contribution in [2.45, 2.75) is 19.9 Å². The van der Waals surface area contributed by atoms with E-state index in [4.69, 9.17) is 14.2 Å². The number of likely N-dealkylation sites (N-methyl/N-ethyl adjacent to an activating group) is 1. The number of nitrogens with zero attached hydrogens (tertiary/aromatic N) is 2. The van der Waals surface area contributed by atoms with Gasteiger partial charge in [-0.2, -0.15) is 0 Å². The smallest absolute Gasteiger partial charge is 0.295 e. The minimum Gasteiger partial charge on any atom is -0.507 e. The Bertz CT molecular complexity index is 1110. The van der Waals surface area contributed by atoms with E-state index in [0.717, 1.165) is 5.56 Å². The van der Waals surface area contributed by atoms with Gasteiger partial charge in [0.15, 0.2) is 11.5 Å². The molecule has 1 aliphatic rings. The van der Waals surface area contributed by atoms with Gasteiger partial charge in [0, 0.05) is 18.7 Å². The Morgan fingerprint density at radius 3 is 2.38 bits per heavy atom. The highest BCUT2D eigenvalue weighted by Crippen LogP contribution is 2.42. The van der Waals surface area contributed by atoms with Crippen LogP contribution >= 0.6 is 0 Å². The molecule has 1 aliphatic heterocycles. The van der Waals surface area contributed by atoms with Crippen LogP contribution in [0.15, 0.2) is 42.0 Å². The van der Waals surface area contributed by atoms with Crippen molar-refractivity contribution in [3.05, 3.63) is 58.7 Å². The maximum Gasteiger partial charge on any atom is 0.295 e. The van der Waals surface area contributed by atoms with Crippen LogP contribution in [0.3, 0.4) is 0 Å². The highest BCUT2D eigenvalue weighted by molar-refractivity contribution is 6.46. The molecular weight excluding hydrogens is 436 g/mol. The molecule has 2 aromatic rings. The lowest BCUT2D eigenvalue weighted by Crippen LogP contribution is -2.35. The summed E-state index contributed by atoms with van der Waals surface area (Å²) in [6, 6.07) is 9.69. The minimum atomic E-state index is -0.772. The number of carbonyl (C=O) groups is 2. The van der Waals surface area contributed by atoms with Crippen LogP contribution in [0.5, 0.6) is 17.2 Å². The Kier molecular flexibility index (Phi) is 7.83. The van der Waals surface area contributed by atoms with Crippen molar-refractivity contribution in [2.75, 3.05) is 48.0 Å². The highest BCUT2D eigenvalue weighted by Gasteiger charge is 2.46. The van der Waals surface area contributed by atoms with Gasteiger partial charge in [-0.25, -0.2) is 0 Å². The first kappa shape index (κ1) is 25.1. The topological polar surface area (TPSA) is 88.5 Å². The molecule has 182 valence electrons. The molecule has 0 saturated carbocycles. The second kappa shape index (κ2) is 10.6. The van der Waals surface area contributed by atoms with Gasteiger partial charge in [0.25, 0.3) is 11.7 Å². The molecule has 1 N–H and O–H groups in total. The van der Waals surface area contributed by atoms with E-state index in [1.807, 2.05) is 32.8 Å². The third-order valence-electron chi connectivity index (χ3n) is 5.82. The fourth-order valence-electron chi connectivity index (χ4n) is 4.07. The molecule has 1 fully saturated rings. The van der Waals surface area contributed by atoms with Gasteiger partial charge >= 0.3 is 0 Å². The van der Waals surface area contributed by atoms with Crippen LogP contribution in [0.1, 0.15) is 29.7 Å². The number of methoxy groups -OCH3 is 2. The Balaban J connectivity index is 2.20. The number of likely N-dealkylation sites (tertiary alicyclic amines) is 1. The lowest BCUT2D eigenvalue weighted by Gasteiger charge is -2.27. The van der Waals surface area contributed by atoms with E-state index in [9.17, 15) is 14.7 Å². The summed E-state index contributed by atoms with van der Waals surface area (Å²) < 4.78 is 16.4. The summed E-state index contributed by atoms with van der Waals surface area (Å²) in [4.78, 5) is 29.7. The van der Waals surface area contributed by atoms with Crippen LogP contribution in [0.2, 0.25) is 0 Å². The number of carbonyl (C=O) groups excluding carboxylic acids is 2. The Hall–Kier alpha value is -3.52. The molecule has 0 spiro atoms. The van der Waals surface area contributed by atoms with Crippen molar-refractivity contribution in [1.82, 2.24) is 9.80 Å². The third kappa shape index (κ3) is 4.87. The van der Waals surface area contributed by atoms with E-state index in [1.165, 1.54) is 12.0 Å². The molecule has 3 rings (SSSR count). The second-order valence-corrected chi connectivity index (χ2v) is 8.32. The summed E-state index contributed by atoms with van der Waals surface area (Å²) in [7, 11) is 6.88. The number of aliphatic hydroxyl groups excluding tert-OH is 1. The van der Waals surface area contributed by atoms with Crippen molar-refractivity contribution < 1.29 is 28.9 Å². The molecule has 0 aliphatic carbocycles. The van der Waals surface area contributed by atoms with Crippen LogP contribution in [0.4, 0.5) is 0 Å². The van der Waals surface area contributed by atoms with Gasteiger partial charge in [-0.3, -0.25) is 9.59 Å². The molecule has 34 heavy (non-hydrogen) atoms. The van der Waals surface area contributed by atoms with E-state index in [1.54, 1.807) is 43.5 Å². The standard InChI is InChI=1S/C26H32N2O6/c1-7-34-20-11-8-17(15-21(20)33-6)23-22(25(30)26(31)28(23)13-12-27(3)4)24(29)19-10-9-18(32-5)14-16(19)2/h8-11,14-15,23,29H,7,12-13H2,1-6H3/b24-22-. The van der Waals surface area contributed by atoms with Gasteiger partial charge in [0.05, 0.1) is 32.4 Å². The van der Waals surface area contributed by atoms with Crippen molar-refractivity contribution in [3.63, 3.8) is 0 Å². The van der Waals surface area contributed by atoms with Crippen molar-refractivity contribution in [3.8, 4) is 17.2 Å². The van der Waals surface area contributed by atoms with E-state index >= 15 is 0 Å². The number of hydrogen-bond donors (Lipinski definition) is 1. The van der Waals surface area contributed by atoms with Crippen molar-refractivity contribution in [1.29, 1.82) is 0 Å². The predicted molar refractivity (Wildman–Crippen MR) is 129 cm³/mol. The van der Waals surface area contributed by atoms with E-state index in [2.05, 4.69) is 0 Å². The summed E-state index contributed by atoms with van der Waals surface area (Å²) in [5.41, 5.74) is 1.88. The number of Topliss-reactive ketones (excluding diaryl/α,β-unsaturated/α-hetero) is 1. The van der Waals surface area contributed by atoms with Gasteiger partial charge < -0.3 is 29.1 Å². The third-order valence-corrected chi connectivity index (χ3v) is 5.82. The first-order valence-electron chi connectivity index (χ1n) is 11.1. The van der Waals surface area contributed by atoms with Crippen LogP contribution < -0.4 is 14.2 Å². The van der Waals surface area contributed by atoms with E-state index in [-0.39, 0.29) is 11.3 Å². The summed E-state index contributed by atoms with van der Waals surface area (Å²) in [6.45, 7) is 5.03. The SMILES string of the molecule is CCOc1ccc(C2/C(=C(/O)c3ccc(OC)cc3C)C(=O)C(=O)N2CCN(C)C)cc1OC. The van der Waals surface area contributed by atoms with E-state index in [0.29, 0.717) is 48.1 Å². The zero-order valence-electron chi connectivity index (χ0n) is 20.5. The van der Waals surface area contributed by atoms with Crippen molar-refractivity contribution >= 4 is 17.4 Å². The number of aliphatic hydroxyl groups is 1. The number of amides is 1. The van der Waals surface area contributed by atoms with Gasteiger partial charge in [0.1, 0.15) is 11.5 Å². The van der Waals surface area contributed by atoms with Crippen LogP contribution in [-0.2, 0) is 9.59 Å². The monoisotopic (exact) mass is 468 g/mol. The number of rotatable bonds is 9. The molecule has 1 unspecified atom stereocenters. The molecule has 1 amide bonds. The second-order valence-electron chi connectivity index (χ2n) is 8.32. The van der Waals surface area contributed by atoms with Gasteiger partial charge in [0.2, 0.25) is 0 Å². The van der Waals surface area contributed by atoms with Gasteiger partial charge in [-0.1, -0.05) is 6.07 Å². The van der Waals surface area contributed by atoms with E-state index < -0.39 is 17.7 Å². The van der Waals surface area contributed by atoms with Crippen molar-refractivity contribution in [2.24, 2.45) is 0 Å². The van der Waals surface area contributed by atoms with Gasteiger partial charge in [-0.05, 0) is 69.4 Å². The van der Waals surface area contributed by atoms with Gasteiger partial charge in [-0.15, -0.1) is 0 Å². The lowest BCUT2D eigenvalue weighted by molar-refractivity contribution is -0.140. The first-order chi connectivity index (χ1) is 16.2. The van der Waals surface area contributed by atoms with Crippen LogP contribution in [-0.4, -0.2) is 74.6 Å². The first-order valence-corrected chi connectivity index (χ1v) is 11.1. The zero-order valence-corrected chi connectivity index (χ0v) is 20.5. The fourth-order valence-corrected chi connectivity index (χ4v) is 4.07. The maximum absolute atomic E-state index is 13.2. The normalized spacial score (nSPS) is 17.4. The molecule has 8 heteroatoms. The summed E-state index contributed by atoms with van der Waals surface area (Å²) in [6.07, 6.45) is 0. The lowest BCUT2D eigenvalue weighted by atomic mass is 9.93. The zero-order chi connectivity index (χ0) is 25.0.